The summed E-state index contributed by atoms with van der Waals surface area (Å²) in [4.78, 5) is 21.2. The van der Waals surface area contributed by atoms with E-state index in [2.05, 4.69) is 4.98 Å². The average molecular weight is 359 g/mol. The number of nitrogens with zero attached hydrogens (tertiary/aromatic N) is 3. The van der Waals surface area contributed by atoms with Crippen LogP contribution in [-0.2, 0) is 0 Å². The van der Waals surface area contributed by atoms with Crippen molar-refractivity contribution < 1.29 is 13.9 Å². The first-order chi connectivity index (χ1) is 12.1. The maximum absolute atomic E-state index is 12.9. The first-order valence-corrected chi connectivity index (χ1v) is 8.94. The van der Waals surface area contributed by atoms with Crippen LogP contribution in [0, 0.1) is 0 Å². The minimum absolute atomic E-state index is 0.191. The lowest BCUT2D eigenvalue weighted by atomic mass is 10.3. The number of likely N-dealkylation sites (N-methyl/N-ethyl adjacent to an activating group) is 1. The van der Waals surface area contributed by atoms with E-state index in [1.807, 2.05) is 44.1 Å². The molecule has 7 heteroatoms. The molecular formula is C18H21N3O3S. The third-order valence-electron chi connectivity index (χ3n) is 3.65. The molecule has 3 rings (SSSR count). The summed E-state index contributed by atoms with van der Waals surface area (Å²) in [6.45, 7) is 3.76. The lowest BCUT2D eigenvalue weighted by Gasteiger charge is -2.20. The van der Waals surface area contributed by atoms with Gasteiger partial charge in [0.2, 0.25) is 0 Å². The van der Waals surface area contributed by atoms with Crippen LogP contribution in [0.25, 0.3) is 10.2 Å². The highest BCUT2D eigenvalue weighted by Gasteiger charge is 2.24. The lowest BCUT2D eigenvalue weighted by molar-refractivity contribution is 0.0958. The van der Waals surface area contributed by atoms with Crippen LogP contribution in [0.15, 0.2) is 41.0 Å². The van der Waals surface area contributed by atoms with Crippen LogP contribution in [0.1, 0.15) is 17.5 Å². The van der Waals surface area contributed by atoms with Crippen LogP contribution in [-0.4, -0.2) is 49.6 Å². The summed E-state index contributed by atoms with van der Waals surface area (Å²) in [5.41, 5.74) is 0.784. The predicted octanol–water partition coefficient (Wildman–Crippen LogP) is 3.50. The Hall–Kier alpha value is -2.38. The van der Waals surface area contributed by atoms with Crippen LogP contribution in [0.2, 0.25) is 0 Å². The van der Waals surface area contributed by atoms with E-state index in [1.165, 1.54) is 17.6 Å². The Kier molecular flexibility index (Phi) is 5.35. The normalized spacial score (nSPS) is 11.2. The molecule has 1 aromatic carbocycles. The van der Waals surface area contributed by atoms with E-state index in [-0.39, 0.29) is 5.91 Å². The van der Waals surface area contributed by atoms with Gasteiger partial charge < -0.3 is 14.1 Å². The third kappa shape index (κ3) is 3.83. The van der Waals surface area contributed by atoms with Crippen molar-refractivity contribution in [3.05, 3.63) is 42.4 Å². The fourth-order valence-corrected chi connectivity index (χ4v) is 3.42. The summed E-state index contributed by atoms with van der Waals surface area (Å²) >= 11 is 1.48. The summed E-state index contributed by atoms with van der Waals surface area (Å²) in [6.07, 6.45) is 1.50. The number of aromatic nitrogens is 1. The number of fused-ring (bicyclic) bond motifs is 1. The van der Waals surface area contributed by atoms with Gasteiger partial charge in [-0.15, -0.1) is 0 Å². The average Bonchev–Trinajstić information content (AvgIpc) is 3.25. The van der Waals surface area contributed by atoms with Gasteiger partial charge in [0.15, 0.2) is 10.9 Å². The van der Waals surface area contributed by atoms with Crippen LogP contribution < -0.4 is 9.64 Å². The molecule has 2 heterocycles. The molecule has 0 aliphatic carbocycles. The molecule has 0 saturated heterocycles. The fraction of sp³-hybridized carbons (Fsp3) is 0.333. The Balaban J connectivity index is 1.98. The Morgan fingerprint density at radius 3 is 2.76 bits per heavy atom. The van der Waals surface area contributed by atoms with Gasteiger partial charge >= 0.3 is 0 Å². The molecule has 0 saturated carbocycles. The minimum Gasteiger partial charge on any atom is -0.492 e. The van der Waals surface area contributed by atoms with Crippen LogP contribution in [0.5, 0.6) is 5.75 Å². The second kappa shape index (κ2) is 7.67. The molecule has 0 unspecified atom stereocenters. The number of para-hydroxylation sites is 1. The number of hydrogen-bond acceptors (Lipinski definition) is 6. The number of anilines is 1. The standard InChI is InChI=1S/C18H21N3O3S/c1-4-23-13-7-5-9-15-16(13)19-18(25-15)21(11-10-20(2)3)17(22)14-8-6-12-24-14/h5-9,12H,4,10-11H2,1-3H3. The maximum atomic E-state index is 12.9. The number of carbonyl (C=O) groups excluding carboxylic acids is 1. The van der Waals surface area contributed by atoms with Crippen LogP contribution >= 0.6 is 11.3 Å². The van der Waals surface area contributed by atoms with Crippen molar-refractivity contribution in [3.63, 3.8) is 0 Å². The second-order valence-electron chi connectivity index (χ2n) is 5.77. The number of hydrogen-bond donors (Lipinski definition) is 0. The van der Waals surface area contributed by atoms with Gasteiger partial charge in [0.1, 0.15) is 11.3 Å². The molecule has 2 aromatic heterocycles. The monoisotopic (exact) mass is 359 g/mol. The molecule has 25 heavy (non-hydrogen) atoms. The molecule has 0 fully saturated rings. The van der Waals surface area contributed by atoms with Crippen LogP contribution in [0.3, 0.4) is 0 Å². The number of thiazole rings is 1. The molecule has 0 bridgehead atoms. The molecule has 3 aromatic rings. The van der Waals surface area contributed by atoms with Crippen molar-refractivity contribution in [2.24, 2.45) is 0 Å². The van der Waals surface area contributed by atoms with Crippen molar-refractivity contribution in [3.8, 4) is 5.75 Å². The third-order valence-corrected chi connectivity index (χ3v) is 4.69. The van der Waals surface area contributed by atoms with E-state index < -0.39 is 0 Å². The number of ether oxygens (including phenoxy) is 1. The molecule has 0 N–H and O–H groups in total. The Morgan fingerprint density at radius 1 is 1.24 bits per heavy atom. The van der Waals surface area contributed by atoms with E-state index >= 15 is 0 Å². The first kappa shape index (κ1) is 17.4. The van der Waals surface area contributed by atoms with Gasteiger partial charge in [0.25, 0.3) is 5.91 Å². The summed E-state index contributed by atoms with van der Waals surface area (Å²) in [5, 5.41) is 0.644. The van der Waals surface area contributed by atoms with E-state index in [0.717, 1.165) is 22.5 Å². The van der Waals surface area contributed by atoms with E-state index in [9.17, 15) is 4.79 Å². The van der Waals surface area contributed by atoms with Gasteiger partial charge in [-0.05, 0) is 45.3 Å². The van der Waals surface area contributed by atoms with Gasteiger partial charge in [0, 0.05) is 13.1 Å². The molecule has 6 nitrogen and oxygen atoms in total. The molecule has 0 radical (unpaired) electrons. The minimum atomic E-state index is -0.191. The number of benzene rings is 1. The van der Waals surface area contributed by atoms with Crippen molar-refractivity contribution in [1.29, 1.82) is 0 Å². The predicted molar refractivity (Wildman–Crippen MR) is 99.7 cm³/mol. The molecule has 132 valence electrons. The Morgan fingerprint density at radius 2 is 2.08 bits per heavy atom. The van der Waals surface area contributed by atoms with Gasteiger partial charge in [0.05, 0.1) is 17.6 Å². The highest BCUT2D eigenvalue weighted by Crippen LogP contribution is 2.34. The smallest absolute Gasteiger partial charge is 0.295 e. The highest BCUT2D eigenvalue weighted by molar-refractivity contribution is 7.22. The summed E-state index contributed by atoms with van der Waals surface area (Å²) in [7, 11) is 3.95. The maximum Gasteiger partial charge on any atom is 0.295 e. The van der Waals surface area contributed by atoms with E-state index in [1.54, 1.807) is 17.0 Å². The van der Waals surface area contributed by atoms with Crippen molar-refractivity contribution in [2.45, 2.75) is 6.92 Å². The van der Waals surface area contributed by atoms with Gasteiger partial charge in [-0.1, -0.05) is 17.4 Å². The van der Waals surface area contributed by atoms with Crippen LogP contribution in [0.4, 0.5) is 5.13 Å². The summed E-state index contributed by atoms with van der Waals surface area (Å²) in [5.74, 6) is 0.854. The summed E-state index contributed by atoms with van der Waals surface area (Å²) in [6, 6.07) is 9.20. The zero-order valence-corrected chi connectivity index (χ0v) is 15.4. The summed E-state index contributed by atoms with van der Waals surface area (Å²) < 4.78 is 11.9. The molecular weight excluding hydrogens is 338 g/mol. The van der Waals surface area contributed by atoms with Crippen molar-refractivity contribution in [1.82, 2.24) is 9.88 Å². The number of amides is 1. The molecule has 1 amide bonds. The van der Waals surface area contributed by atoms with Gasteiger partial charge in [-0.25, -0.2) is 4.98 Å². The fourth-order valence-electron chi connectivity index (χ4n) is 2.42. The zero-order valence-electron chi connectivity index (χ0n) is 14.6. The first-order valence-electron chi connectivity index (χ1n) is 8.12. The lowest BCUT2D eigenvalue weighted by Crippen LogP contribution is -2.36. The molecule has 0 atom stereocenters. The number of rotatable bonds is 7. The zero-order chi connectivity index (χ0) is 17.8. The van der Waals surface area contributed by atoms with E-state index in [4.69, 9.17) is 9.15 Å². The van der Waals surface area contributed by atoms with Gasteiger partial charge in [-0.3, -0.25) is 9.69 Å². The quantitative estimate of drug-likeness (QED) is 0.646. The number of furan rings is 1. The van der Waals surface area contributed by atoms with Gasteiger partial charge in [-0.2, -0.15) is 0 Å². The highest BCUT2D eigenvalue weighted by atomic mass is 32.1. The molecule has 0 aliphatic rings. The SMILES string of the molecule is CCOc1cccc2sc(N(CCN(C)C)C(=O)c3ccco3)nc12. The Bertz CT molecular complexity index is 843. The topological polar surface area (TPSA) is 58.8 Å². The molecule has 0 aliphatic heterocycles. The van der Waals surface area contributed by atoms with Crippen molar-refractivity contribution >= 4 is 32.6 Å². The Labute approximate surface area is 150 Å². The van der Waals surface area contributed by atoms with E-state index in [0.29, 0.717) is 24.0 Å². The second-order valence-corrected chi connectivity index (χ2v) is 6.78. The molecule has 0 spiro atoms. The number of carbonyl (C=O) groups is 1. The largest absolute Gasteiger partial charge is 0.492 e. The van der Waals surface area contributed by atoms with Crippen molar-refractivity contribution in [2.75, 3.05) is 38.7 Å².